The maximum Gasteiger partial charge on any atom is 0.243 e. The molecule has 4 aliphatic rings. The van der Waals surface area contributed by atoms with Gasteiger partial charge in [-0.1, -0.05) is 26.8 Å². The minimum absolute atomic E-state index is 0.0358. The zero-order valence-electron chi connectivity index (χ0n) is 14.2. The maximum atomic E-state index is 11.7. The molecule has 1 amide bonds. The van der Waals surface area contributed by atoms with E-state index in [1.807, 2.05) is 0 Å². The SMILES string of the molecule is CC1CCC2C1(C)CCC1C3(C)C=CC(=O)NC3CCC12N. The molecule has 3 heteroatoms. The van der Waals surface area contributed by atoms with E-state index in [0.717, 1.165) is 18.8 Å². The summed E-state index contributed by atoms with van der Waals surface area (Å²) in [6, 6.07) is 0.273. The number of hydrogen-bond donors (Lipinski definition) is 2. The van der Waals surface area contributed by atoms with Crippen LogP contribution in [0.25, 0.3) is 0 Å². The number of nitrogens with one attached hydrogen (secondary N) is 1. The fraction of sp³-hybridized carbons (Fsp3) is 0.842. The predicted molar refractivity (Wildman–Crippen MR) is 88.0 cm³/mol. The fourth-order valence-electron chi connectivity index (χ4n) is 6.81. The van der Waals surface area contributed by atoms with Gasteiger partial charge in [0.15, 0.2) is 0 Å². The lowest BCUT2D eigenvalue weighted by molar-refractivity contribution is -0.124. The van der Waals surface area contributed by atoms with Gasteiger partial charge in [-0.15, -0.1) is 0 Å². The Morgan fingerprint density at radius 1 is 1.14 bits per heavy atom. The minimum Gasteiger partial charge on any atom is -0.349 e. The van der Waals surface area contributed by atoms with Crippen LogP contribution in [0.3, 0.4) is 0 Å². The Balaban J connectivity index is 1.75. The second-order valence-corrected chi connectivity index (χ2v) is 9.04. The van der Waals surface area contributed by atoms with Crippen molar-refractivity contribution in [2.45, 2.75) is 70.9 Å². The van der Waals surface area contributed by atoms with Gasteiger partial charge in [0.2, 0.25) is 5.91 Å². The molecule has 0 spiro atoms. The highest BCUT2D eigenvalue weighted by Crippen LogP contribution is 2.65. The molecule has 1 heterocycles. The van der Waals surface area contributed by atoms with Crippen LogP contribution in [0.5, 0.6) is 0 Å². The summed E-state index contributed by atoms with van der Waals surface area (Å²) in [6.45, 7) is 7.25. The molecule has 3 nitrogen and oxygen atoms in total. The highest BCUT2D eigenvalue weighted by atomic mass is 16.1. The lowest BCUT2D eigenvalue weighted by atomic mass is 9.45. The van der Waals surface area contributed by atoms with Crippen molar-refractivity contribution in [2.24, 2.45) is 34.3 Å². The summed E-state index contributed by atoms with van der Waals surface area (Å²) in [5.41, 5.74) is 7.59. The van der Waals surface area contributed by atoms with Crippen molar-refractivity contribution in [3.8, 4) is 0 Å². The van der Waals surface area contributed by atoms with Gasteiger partial charge < -0.3 is 11.1 Å². The molecule has 3 fully saturated rings. The van der Waals surface area contributed by atoms with Gasteiger partial charge in [-0.2, -0.15) is 0 Å². The highest BCUT2D eigenvalue weighted by Gasteiger charge is 2.64. The topological polar surface area (TPSA) is 55.1 Å². The van der Waals surface area contributed by atoms with Gasteiger partial charge in [0.05, 0.1) is 0 Å². The molecule has 7 unspecified atom stereocenters. The summed E-state index contributed by atoms with van der Waals surface area (Å²) in [6.07, 6.45) is 11.2. The third-order valence-corrected chi connectivity index (χ3v) is 8.36. The molecule has 0 aromatic carbocycles. The molecule has 3 N–H and O–H groups in total. The molecule has 4 rings (SSSR count). The first-order valence-corrected chi connectivity index (χ1v) is 9.09. The van der Waals surface area contributed by atoms with Crippen molar-refractivity contribution in [1.82, 2.24) is 5.32 Å². The van der Waals surface area contributed by atoms with Crippen molar-refractivity contribution in [2.75, 3.05) is 0 Å². The van der Waals surface area contributed by atoms with Crippen LogP contribution < -0.4 is 11.1 Å². The van der Waals surface area contributed by atoms with Crippen LogP contribution >= 0.6 is 0 Å². The van der Waals surface area contributed by atoms with E-state index >= 15 is 0 Å². The van der Waals surface area contributed by atoms with E-state index in [0.29, 0.717) is 17.3 Å². The van der Waals surface area contributed by atoms with E-state index in [4.69, 9.17) is 5.73 Å². The molecule has 0 aromatic heterocycles. The third kappa shape index (κ3) is 1.64. The zero-order valence-corrected chi connectivity index (χ0v) is 14.2. The van der Waals surface area contributed by atoms with Gasteiger partial charge in [-0.05, 0) is 67.8 Å². The van der Waals surface area contributed by atoms with E-state index in [-0.39, 0.29) is 22.9 Å². The number of hydrogen-bond acceptors (Lipinski definition) is 2. The van der Waals surface area contributed by atoms with Crippen LogP contribution in [0, 0.1) is 28.6 Å². The molecule has 0 saturated heterocycles. The largest absolute Gasteiger partial charge is 0.349 e. The Morgan fingerprint density at radius 2 is 1.91 bits per heavy atom. The van der Waals surface area contributed by atoms with Crippen LogP contribution in [0.4, 0.5) is 0 Å². The van der Waals surface area contributed by atoms with Crippen molar-refractivity contribution in [3.05, 3.63) is 12.2 Å². The highest BCUT2D eigenvalue weighted by molar-refractivity contribution is 5.89. The second-order valence-electron chi connectivity index (χ2n) is 9.04. The average Bonchev–Trinajstić information content (AvgIpc) is 2.77. The Morgan fingerprint density at radius 3 is 2.68 bits per heavy atom. The van der Waals surface area contributed by atoms with Crippen LogP contribution in [-0.4, -0.2) is 17.5 Å². The van der Waals surface area contributed by atoms with Gasteiger partial charge >= 0.3 is 0 Å². The average molecular weight is 302 g/mol. The fourth-order valence-corrected chi connectivity index (χ4v) is 6.81. The second kappa shape index (κ2) is 4.37. The number of fused-ring (bicyclic) bond motifs is 5. The van der Waals surface area contributed by atoms with Crippen molar-refractivity contribution in [3.63, 3.8) is 0 Å². The summed E-state index contributed by atoms with van der Waals surface area (Å²) in [5.74, 6) is 2.02. The van der Waals surface area contributed by atoms with E-state index in [9.17, 15) is 4.79 Å². The van der Waals surface area contributed by atoms with Crippen molar-refractivity contribution in [1.29, 1.82) is 0 Å². The van der Waals surface area contributed by atoms with Gasteiger partial charge in [0.1, 0.15) is 0 Å². The van der Waals surface area contributed by atoms with E-state index in [1.165, 1.54) is 25.7 Å². The lowest BCUT2D eigenvalue weighted by Crippen LogP contribution is -2.70. The third-order valence-electron chi connectivity index (χ3n) is 8.36. The molecule has 0 aromatic rings. The molecule has 122 valence electrons. The van der Waals surface area contributed by atoms with Gasteiger partial charge in [-0.3, -0.25) is 4.79 Å². The Hall–Kier alpha value is -0.830. The Bertz CT molecular complexity index is 544. The first-order valence-electron chi connectivity index (χ1n) is 9.09. The van der Waals surface area contributed by atoms with Gasteiger partial charge in [-0.25, -0.2) is 0 Å². The van der Waals surface area contributed by atoms with E-state index < -0.39 is 0 Å². The Kier molecular flexibility index (Phi) is 2.93. The molecular formula is C19H30N2O. The normalized spacial score (nSPS) is 56.8. The van der Waals surface area contributed by atoms with E-state index in [2.05, 4.69) is 32.2 Å². The van der Waals surface area contributed by atoms with Gasteiger partial charge in [0.25, 0.3) is 0 Å². The lowest BCUT2D eigenvalue weighted by Gasteiger charge is -2.63. The summed E-state index contributed by atoms with van der Waals surface area (Å²) < 4.78 is 0. The van der Waals surface area contributed by atoms with Crippen LogP contribution in [0.2, 0.25) is 0 Å². The first kappa shape index (κ1) is 14.7. The molecule has 0 radical (unpaired) electrons. The first-order chi connectivity index (χ1) is 10.3. The monoisotopic (exact) mass is 302 g/mol. The smallest absolute Gasteiger partial charge is 0.243 e. The predicted octanol–water partition coefficient (Wildman–Crippen LogP) is 3.00. The zero-order chi connectivity index (χ0) is 15.8. The molecule has 3 aliphatic carbocycles. The Labute approximate surface area is 134 Å². The summed E-state index contributed by atoms with van der Waals surface area (Å²) in [5, 5.41) is 3.21. The molecule has 7 atom stereocenters. The number of nitrogens with two attached hydrogens (primary N) is 1. The summed E-state index contributed by atoms with van der Waals surface area (Å²) in [4.78, 5) is 11.7. The number of carbonyl (C=O) groups is 1. The molecule has 3 saturated carbocycles. The standard InChI is InChI=1S/C19H30N2O/c1-12-4-5-13-17(12,2)9-6-14-18(3)10-8-16(22)21-15(18)7-11-19(13,14)20/h8,10,12-15H,4-7,9,11,20H2,1-3H3,(H,21,22). The van der Waals surface area contributed by atoms with Crippen molar-refractivity contribution >= 4 is 5.91 Å². The quantitative estimate of drug-likeness (QED) is 0.723. The summed E-state index contributed by atoms with van der Waals surface area (Å²) in [7, 11) is 0. The molecule has 1 aliphatic heterocycles. The molecule has 22 heavy (non-hydrogen) atoms. The summed E-state index contributed by atoms with van der Waals surface area (Å²) >= 11 is 0. The minimum atomic E-state index is -0.0462. The molecule has 0 bridgehead atoms. The van der Waals surface area contributed by atoms with Crippen LogP contribution in [0.15, 0.2) is 12.2 Å². The number of amides is 1. The number of rotatable bonds is 0. The van der Waals surface area contributed by atoms with Gasteiger partial charge in [0, 0.05) is 17.0 Å². The van der Waals surface area contributed by atoms with Crippen molar-refractivity contribution < 1.29 is 4.79 Å². The maximum absolute atomic E-state index is 11.7. The molecular weight excluding hydrogens is 272 g/mol. The van der Waals surface area contributed by atoms with E-state index in [1.54, 1.807) is 6.08 Å². The van der Waals surface area contributed by atoms with Crippen LogP contribution in [-0.2, 0) is 4.79 Å². The van der Waals surface area contributed by atoms with Crippen LogP contribution in [0.1, 0.15) is 59.3 Å². The number of carbonyl (C=O) groups excluding carboxylic acids is 1.